The van der Waals surface area contributed by atoms with Gasteiger partial charge in [0.1, 0.15) is 18.5 Å². The van der Waals surface area contributed by atoms with E-state index in [0.717, 1.165) is 48.7 Å². The molecule has 1 aromatic carbocycles. The van der Waals surface area contributed by atoms with Crippen LogP contribution in [0.5, 0.6) is 5.75 Å². The average Bonchev–Trinajstić information content (AvgIpc) is 3.59. The minimum Gasteiger partial charge on any atom is -0.490 e. The molecule has 8 saturated carbocycles. The van der Waals surface area contributed by atoms with Gasteiger partial charge in [-0.25, -0.2) is 0 Å². The SMILES string of the molecule is CC(C)(C)c1ccc(C23CC4CC(CC(C4)C2)C3)c(C23CC4CC(CC(C4)C2)C3)c1OCC1CO1. The number of hydrogen-bond acceptors (Lipinski definition) is 2. The van der Waals surface area contributed by atoms with Crippen LogP contribution in [0.2, 0.25) is 0 Å². The Morgan fingerprint density at radius 3 is 1.63 bits per heavy atom. The third kappa shape index (κ3) is 3.44. The van der Waals surface area contributed by atoms with Gasteiger partial charge in [0, 0.05) is 11.0 Å². The van der Waals surface area contributed by atoms with Gasteiger partial charge in [-0.15, -0.1) is 0 Å². The molecule has 1 aromatic rings. The molecule has 0 amide bonds. The van der Waals surface area contributed by atoms with E-state index in [9.17, 15) is 0 Å². The molecular weight excluding hydrogens is 428 g/mol. The molecule has 0 aromatic heterocycles. The standard InChI is InChI=1S/C33H46O2/c1-31(2,3)28-5-4-27(32-12-20-6-21(13-32)8-22(7-20)14-32)29(30(28)35-19-26-18-34-26)33-15-23-9-24(16-33)11-25(10-23)17-33/h4-5,20-26H,6-19H2,1-3H3. The zero-order chi connectivity index (χ0) is 23.6. The summed E-state index contributed by atoms with van der Waals surface area (Å²) >= 11 is 0. The van der Waals surface area contributed by atoms with Crippen LogP contribution in [0.15, 0.2) is 12.1 Å². The molecule has 2 heteroatoms. The third-order valence-corrected chi connectivity index (χ3v) is 12.0. The van der Waals surface area contributed by atoms with Gasteiger partial charge in [0.15, 0.2) is 0 Å². The molecule has 0 N–H and O–H groups in total. The highest BCUT2D eigenvalue weighted by Gasteiger charge is 2.58. The summed E-state index contributed by atoms with van der Waals surface area (Å²) in [6.45, 7) is 8.82. The fourth-order valence-electron chi connectivity index (χ4n) is 11.5. The van der Waals surface area contributed by atoms with Crippen molar-refractivity contribution in [1.82, 2.24) is 0 Å². The van der Waals surface area contributed by atoms with Crippen molar-refractivity contribution in [3.63, 3.8) is 0 Å². The minimum atomic E-state index is 0.0940. The maximum absolute atomic E-state index is 6.99. The second-order valence-electron chi connectivity index (χ2n) is 15.8. The molecule has 0 spiro atoms. The van der Waals surface area contributed by atoms with E-state index in [4.69, 9.17) is 9.47 Å². The molecule has 1 heterocycles. The molecule has 35 heavy (non-hydrogen) atoms. The second kappa shape index (κ2) is 7.30. The van der Waals surface area contributed by atoms with Gasteiger partial charge in [0.05, 0.1) is 6.61 Å². The maximum atomic E-state index is 6.99. The zero-order valence-electron chi connectivity index (χ0n) is 22.4. The van der Waals surface area contributed by atoms with E-state index in [-0.39, 0.29) is 5.41 Å². The van der Waals surface area contributed by atoms with Gasteiger partial charge >= 0.3 is 0 Å². The first-order chi connectivity index (χ1) is 16.8. The van der Waals surface area contributed by atoms with Crippen LogP contribution >= 0.6 is 0 Å². The third-order valence-electron chi connectivity index (χ3n) is 12.0. The van der Waals surface area contributed by atoms with Crippen LogP contribution in [-0.4, -0.2) is 19.3 Å². The van der Waals surface area contributed by atoms with Gasteiger partial charge in [-0.2, -0.15) is 0 Å². The molecule has 1 saturated heterocycles. The van der Waals surface area contributed by atoms with Gasteiger partial charge < -0.3 is 9.47 Å². The first-order valence-electron chi connectivity index (χ1n) is 15.2. The van der Waals surface area contributed by atoms with Crippen LogP contribution in [0.3, 0.4) is 0 Å². The molecule has 1 aliphatic heterocycles. The number of rotatable bonds is 5. The van der Waals surface area contributed by atoms with Crippen LogP contribution in [-0.2, 0) is 21.0 Å². The Hall–Kier alpha value is -1.02. The summed E-state index contributed by atoms with van der Waals surface area (Å²) in [7, 11) is 0. The molecule has 190 valence electrons. The highest BCUT2D eigenvalue weighted by molar-refractivity contribution is 5.57. The van der Waals surface area contributed by atoms with E-state index in [1.54, 1.807) is 11.1 Å². The monoisotopic (exact) mass is 474 g/mol. The van der Waals surface area contributed by atoms with Crippen molar-refractivity contribution in [3.05, 3.63) is 28.8 Å². The lowest BCUT2D eigenvalue weighted by molar-refractivity contribution is -0.0185. The van der Waals surface area contributed by atoms with E-state index < -0.39 is 0 Å². The summed E-state index contributed by atoms with van der Waals surface area (Å²) in [5.41, 5.74) is 5.87. The largest absolute Gasteiger partial charge is 0.490 e. The molecule has 10 rings (SSSR count). The van der Waals surface area contributed by atoms with Crippen LogP contribution in [0.25, 0.3) is 0 Å². The highest BCUT2D eigenvalue weighted by Crippen LogP contribution is 2.67. The number of epoxide rings is 1. The summed E-state index contributed by atoms with van der Waals surface area (Å²) < 4.78 is 12.6. The highest BCUT2D eigenvalue weighted by atomic mass is 16.6. The van der Waals surface area contributed by atoms with Gasteiger partial charge in [-0.3, -0.25) is 0 Å². The maximum Gasteiger partial charge on any atom is 0.127 e. The first kappa shape index (κ1) is 22.0. The minimum absolute atomic E-state index is 0.0940. The van der Waals surface area contributed by atoms with Crippen molar-refractivity contribution in [1.29, 1.82) is 0 Å². The van der Waals surface area contributed by atoms with E-state index in [1.807, 2.05) is 0 Å². The molecule has 8 bridgehead atoms. The predicted octanol–water partition coefficient (Wildman–Crippen LogP) is 7.70. The molecule has 9 aliphatic rings. The Labute approximate surface area is 212 Å². The normalized spacial score (nSPS) is 46.9. The van der Waals surface area contributed by atoms with Crippen LogP contribution in [0, 0.1) is 35.5 Å². The molecular formula is C33H46O2. The van der Waals surface area contributed by atoms with Crippen LogP contribution in [0.4, 0.5) is 0 Å². The Bertz CT molecular complexity index is 954. The lowest BCUT2D eigenvalue weighted by atomic mass is 9.44. The second-order valence-corrected chi connectivity index (χ2v) is 15.8. The average molecular weight is 475 g/mol. The quantitative estimate of drug-likeness (QED) is 0.408. The fourth-order valence-corrected chi connectivity index (χ4v) is 11.5. The Balaban J connectivity index is 1.34. The van der Waals surface area contributed by atoms with E-state index in [2.05, 4.69) is 32.9 Å². The first-order valence-corrected chi connectivity index (χ1v) is 15.2. The number of ether oxygens (including phenoxy) is 2. The molecule has 2 nitrogen and oxygen atoms in total. The summed E-state index contributed by atoms with van der Waals surface area (Å²) in [6, 6.07) is 5.18. The fraction of sp³-hybridized carbons (Fsp3) is 0.818. The molecule has 8 aliphatic carbocycles. The predicted molar refractivity (Wildman–Crippen MR) is 140 cm³/mol. The van der Waals surface area contributed by atoms with Crippen molar-refractivity contribution < 1.29 is 9.47 Å². The van der Waals surface area contributed by atoms with Gasteiger partial charge in [-0.05, 0) is 135 Å². The Morgan fingerprint density at radius 2 is 1.20 bits per heavy atom. The van der Waals surface area contributed by atoms with Crippen LogP contribution in [0.1, 0.15) is 115 Å². The van der Waals surface area contributed by atoms with Crippen molar-refractivity contribution in [3.8, 4) is 5.75 Å². The van der Waals surface area contributed by atoms with Crippen molar-refractivity contribution >= 4 is 0 Å². The summed E-state index contributed by atoms with van der Waals surface area (Å²) in [5.74, 6) is 7.16. The summed E-state index contributed by atoms with van der Waals surface area (Å²) in [4.78, 5) is 0. The van der Waals surface area contributed by atoms with E-state index in [0.29, 0.717) is 16.9 Å². The zero-order valence-corrected chi connectivity index (χ0v) is 22.4. The molecule has 1 unspecified atom stereocenters. The lowest BCUT2D eigenvalue weighted by Gasteiger charge is -2.61. The number of hydrogen-bond donors (Lipinski definition) is 0. The van der Waals surface area contributed by atoms with Crippen LogP contribution < -0.4 is 4.74 Å². The Kier molecular flexibility index (Phi) is 4.59. The smallest absolute Gasteiger partial charge is 0.127 e. The summed E-state index contributed by atoms with van der Waals surface area (Å²) in [5, 5.41) is 0. The number of benzene rings is 1. The van der Waals surface area contributed by atoms with E-state index in [1.165, 1.54) is 88.4 Å². The van der Waals surface area contributed by atoms with Gasteiger partial charge in [-0.1, -0.05) is 32.9 Å². The van der Waals surface area contributed by atoms with Gasteiger partial charge in [0.25, 0.3) is 0 Å². The summed E-state index contributed by atoms with van der Waals surface area (Å²) in [6.07, 6.45) is 18.1. The molecule has 1 atom stereocenters. The van der Waals surface area contributed by atoms with Crippen molar-refractivity contribution in [2.45, 2.75) is 120 Å². The molecule has 9 fully saturated rings. The Morgan fingerprint density at radius 1 is 0.743 bits per heavy atom. The van der Waals surface area contributed by atoms with Crippen molar-refractivity contribution in [2.24, 2.45) is 35.5 Å². The van der Waals surface area contributed by atoms with Crippen molar-refractivity contribution in [2.75, 3.05) is 13.2 Å². The topological polar surface area (TPSA) is 21.8 Å². The van der Waals surface area contributed by atoms with E-state index >= 15 is 0 Å². The lowest BCUT2D eigenvalue weighted by Crippen LogP contribution is -2.52. The van der Waals surface area contributed by atoms with Gasteiger partial charge in [0.2, 0.25) is 0 Å². The molecule has 0 radical (unpaired) electrons.